The monoisotopic (exact) mass is 425 g/mol. The Balaban J connectivity index is 1.74. The van der Waals surface area contributed by atoms with Crippen LogP contribution in [-0.4, -0.2) is 29.7 Å². The Labute approximate surface area is 193 Å². The second-order valence-electron chi connectivity index (χ2n) is 8.95. The van der Waals surface area contributed by atoms with Crippen LogP contribution in [0.3, 0.4) is 0 Å². The molecule has 0 aromatic heterocycles. The molecule has 4 rings (SSSR count). The summed E-state index contributed by atoms with van der Waals surface area (Å²) < 4.78 is 0. The summed E-state index contributed by atoms with van der Waals surface area (Å²) in [5, 5.41) is 9.59. The summed E-state index contributed by atoms with van der Waals surface area (Å²) in [4.78, 5) is 2.58. The van der Waals surface area contributed by atoms with Crippen molar-refractivity contribution in [1.29, 1.82) is 0 Å². The number of piperidine rings is 1. The van der Waals surface area contributed by atoms with Crippen molar-refractivity contribution in [2.24, 2.45) is 0 Å². The minimum Gasteiger partial charge on any atom is -0.396 e. The van der Waals surface area contributed by atoms with Gasteiger partial charge in [0.05, 0.1) is 0 Å². The number of rotatable bonds is 8. The van der Waals surface area contributed by atoms with E-state index >= 15 is 0 Å². The molecule has 0 unspecified atom stereocenters. The molecule has 1 aliphatic rings. The van der Waals surface area contributed by atoms with Gasteiger partial charge in [0.2, 0.25) is 0 Å². The quantitative estimate of drug-likeness (QED) is 0.405. The Morgan fingerprint density at radius 3 is 2.00 bits per heavy atom. The molecule has 0 saturated carbocycles. The van der Waals surface area contributed by atoms with Crippen LogP contribution in [0.2, 0.25) is 0 Å². The molecule has 1 fully saturated rings. The van der Waals surface area contributed by atoms with Crippen molar-refractivity contribution in [1.82, 2.24) is 4.90 Å². The fraction of sp³-hybridized carbons (Fsp3) is 0.333. The number of aryl methyl sites for hydroxylation is 1. The molecule has 166 valence electrons. The average Bonchev–Trinajstić information content (AvgIpc) is 2.84. The summed E-state index contributed by atoms with van der Waals surface area (Å²) in [5.74, 6) is 0. The summed E-state index contributed by atoms with van der Waals surface area (Å²) >= 11 is 0. The molecule has 1 N–H and O–H groups in total. The Hall–Kier alpha value is -2.68. The van der Waals surface area contributed by atoms with Gasteiger partial charge in [0.15, 0.2) is 0 Å². The number of hydrogen-bond acceptors (Lipinski definition) is 2. The standard InChI is InChI=1S/C30H35NO/c1-24-12-16-27(17-13-24)30(29(11-8-22-32)26-9-4-2-5-10-26)28-18-14-25(15-19-28)23-31-20-6-3-7-21-31/h2,4-5,9-10,12-19,32H,3,6-8,11,20-23H2,1H3/b30-29-. The molecular weight excluding hydrogens is 390 g/mol. The van der Waals surface area contributed by atoms with Gasteiger partial charge in [-0.05, 0) is 79.1 Å². The van der Waals surface area contributed by atoms with Crippen LogP contribution in [-0.2, 0) is 6.54 Å². The first-order valence-electron chi connectivity index (χ1n) is 12.0. The van der Waals surface area contributed by atoms with Crippen LogP contribution >= 0.6 is 0 Å². The molecule has 3 aromatic rings. The van der Waals surface area contributed by atoms with Gasteiger partial charge in [-0.1, -0.05) is 90.8 Å². The zero-order chi connectivity index (χ0) is 22.2. The van der Waals surface area contributed by atoms with Crippen molar-refractivity contribution in [3.8, 4) is 0 Å². The van der Waals surface area contributed by atoms with Crippen LogP contribution < -0.4 is 0 Å². The highest BCUT2D eigenvalue weighted by Crippen LogP contribution is 2.35. The Bertz CT molecular complexity index is 997. The van der Waals surface area contributed by atoms with Crippen LogP contribution in [0.4, 0.5) is 0 Å². The zero-order valence-electron chi connectivity index (χ0n) is 19.3. The van der Waals surface area contributed by atoms with E-state index < -0.39 is 0 Å². The number of aliphatic hydroxyl groups is 1. The van der Waals surface area contributed by atoms with Gasteiger partial charge in [-0.25, -0.2) is 0 Å². The van der Waals surface area contributed by atoms with E-state index in [0.29, 0.717) is 0 Å². The summed E-state index contributed by atoms with van der Waals surface area (Å²) in [6.07, 6.45) is 5.62. The smallest absolute Gasteiger partial charge is 0.0434 e. The molecule has 2 nitrogen and oxygen atoms in total. The summed E-state index contributed by atoms with van der Waals surface area (Å²) in [7, 11) is 0. The molecule has 3 aromatic carbocycles. The SMILES string of the molecule is Cc1ccc(/C(=C(\CCCO)c2ccccc2)c2ccc(CN3CCCCC3)cc2)cc1. The van der Waals surface area contributed by atoms with Crippen LogP contribution in [0.15, 0.2) is 78.9 Å². The summed E-state index contributed by atoms with van der Waals surface area (Å²) in [6.45, 7) is 5.81. The van der Waals surface area contributed by atoms with E-state index in [4.69, 9.17) is 0 Å². The van der Waals surface area contributed by atoms with Crippen molar-refractivity contribution in [3.05, 3.63) is 107 Å². The molecule has 1 saturated heterocycles. The highest BCUT2D eigenvalue weighted by molar-refractivity contribution is 5.98. The van der Waals surface area contributed by atoms with Crippen LogP contribution in [0.5, 0.6) is 0 Å². The van der Waals surface area contributed by atoms with E-state index in [1.807, 2.05) is 0 Å². The average molecular weight is 426 g/mol. The molecule has 1 heterocycles. The van der Waals surface area contributed by atoms with Gasteiger partial charge in [0, 0.05) is 13.2 Å². The van der Waals surface area contributed by atoms with Crippen molar-refractivity contribution in [2.75, 3.05) is 19.7 Å². The normalized spacial score (nSPS) is 15.4. The van der Waals surface area contributed by atoms with E-state index in [-0.39, 0.29) is 6.61 Å². The molecule has 2 heteroatoms. The van der Waals surface area contributed by atoms with Crippen molar-refractivity contribution >= 4 is 11.1 Å². The maximum Gasteiger partial charge on any atom is 0.0434 e. The Morgan fingerprint density at radius 2 is 1.38 bits per heavy atom. The van der Waals surface area contributed by atoms with Gasteiger partial charge in [-0.15, -0.1) is 0 Å². The number of benzene rings is 3. The Kier molecular flexibility index (Phi) is 7.92. The van der Waals surface area contributed by atoms with E-state index in [0.717, 1.165) is 19.4 Å². The van der Waals surface area contributed by atoms with Gasteiger partial charge >= 0.3 is 0 Å². The molecule has 0 spiro atoms. The number of hydrogen-bond donors (Lipinski definition) is 1. The fourth-order valence-corrected chi connectivity index (χ4v) is 4.70. The predicted molar refractivity (Wildman–Crippen MR) is 135 cm³/mol. The van der Waals surface area contributed by atoms with E-state index in [1.54, 1.807) is 0 Å². The molecular formula is C30H35NO. The van der Waals surface area contributed by atoms with Crippen LogP contribution in [0, 0.1) is 6.92 Å². The highest BCUT2D eigenvalue weighted by atomic mass is 16.2. The minimum atomic E-state index is 0.201. The topological polar surface area (TPSA) is 23.5 Å². The molecule has 32 heavy (non-hydrogen) atoms. The van der Waals surface area contributed by atoms with E-state index in [1.165, 1.54) is 71.3 Å². The van der Waals surface area contributed by atoms with Crippen molar-refractivity contribution in [3.63, 3.8) is 0 Å². The summed E-state index contributed by atoms with van der Waals surface area (Å²) in [5.41, 5.74) is 8.93. The predicted octanol–water partition coefficient (Wildman–Crippen LogP) is 6.71. The third-order valence-corrected chi connectivity index (χ3v) is 6.45. The molecule has 0 atom stereocenters. The van der Waals surface area contributed by atoms with E-state index in [9.17, 15) is 5.11 Å². The lowest BCUT2D eigenvalue weighted by molar-refractivity contribution is 0.221. The maximum absolute atomic E-state index is 9.59. The lowest BCUT2D eigenvalue weighted by Gasteiger charge is -2.26. The molecule has 0 bridgehead atoms. The van der Waals surface area contributed by atoms with Gasteiger partial charge < -0.3 is 5.11 Å². The van der Waals surface area contributed by atoms with Gasteiger partial charge in [-0.3, -0.25) is 4.90 Å². The first-order valence-corrected chi connectivity index (χ1v) is 12.0. The second-order valence-corrected chi connectivity index (χ2v) is 8.95. The van der Waals surface area contributed by atoms with Crippen LogP contribution in [0.25, 0.3) is 11.1 Å². The number of aliphatic hydroxyl groups excluding tert-OH is 1. The third-order valence-electron chi connectivity index (χ3n) is 6.45. The largest absolute Gasteiger partial charge is 0.396 e. The van der Waals surface area contributed by atoms with Gasteiger partial charge in [0.1, 0.15) is 0 Å². The van der Waals surface area contributed by atoms with E-state index in [2.05, 4.69) is 90.7 Å². The Morgan fingerprint density at radius 1 is 0.750 bits per heavy atom. The van der Waals surface area contributed by atoms with Gasteiger partial charge in [-0.2, -0.15) is 0 Å². The first-order chi connectivity index (χ1) is 15.7. The number of likely N-dealkylation sites (tertiary alicyclic amines) is 1. The van der Waals surface area contributed by atoms with Crippen molar-refractivity contribution in [2.45, 2.75) is 45.6 Å². The first kappa shape index (κ1) is 22.5. The third kappa shape index (κ3) is 5.76. The molecule has 0 aliphatic carbocycles. The molecule has 0 radical (unpaired) electrons. The number of allylic oxidation sites excluding steroid dienone is 1. The molecule has 0 amide bonds. The fourth-order valence-electron chi connectivity index (χ4n) is 4.70. The second kappa shape index (κ2) is 11.3. The lowest BCUT2D eigenvalue weighted by Crippen LogP contribution is -2.29. The number of nitrogens with zero attached hydrogens (tertiary/aromatic N) is 1. The van der Waals surface area contributed by atoms with Gasteiger partial charge in [0.25, 0.3) is 0 Å². The maximum atomic E-state index is 9.59. The highest BCUT2D eigenvalue weighted by Gasteiger charge is 2.15. The zero-order valence-corrected chi connectivity index (χ0v) is 19.3. The minimum absolute atomic E-state index is 0.201. The van der Waals surface area contributed by atoms with Crippen LogP contribution in [0.1, 0.15) is 59.9 Å². The summed E-state index contributed by atoms with van der Waals surface area (Å²) in [6, 6.07) is 28.6. The lowest BCUT2D eigenvalue weighted by atomic mass is 9.86. The van der Waals surface area contributed by atoms with Crippen molar-refractivity contribution < 1.29 is 5.11 Å². The molecule has 1 aliphatic heterocycles.